The molecule has 102 valence electrons. The van der Waals surface area contributed by atoms with Gasteiger partial charge in [0.25, 0.3) is 0 Å². The normalized spacial score (nSPS) is 11.1. The van der Waals surface area contributed by atoms with Crippen molar-refractivity contribution in [2.75, 3.05) is 6.54 Å². The highest BCUT2D eigenvalue weighted by Gasteiger charge is 1.99. The molecule has 0 amide bonds. The van der Waals surface area contributed by atoms with E-state index < -0.39 is 0 Å². The summed E-state index contributed by atoms with van der Waals surface area (Å²) in [6, 6.07) is 8.85. The van der Waals surface area contributed by atoms with Crippen molar-refractivity contribution in [3.63, 3.8) is 0 Å². The van der Waals surface area contributed by atoms with Gasteiger partial charge in [0.15, 0.2) is 0 Å². The largest absolute Gasteiger partial charge is 0.313 e. The second-order valence-corrected chi connectivity index (χ2v) is 5.11. The minimum atomic E-state index is 0.601. The molecule has 0 saturated carbocycles. The van der Waals surface area contributed by atoms with E-state index in [0.29, 0.717) is 5.92 Å². The Balaban J connectivity index is 1.65. The van der Waals surface area contributed by atoms with E-state index in [9.17, 15) is 0 Å². The van der Waals surface area contributed by atoms with Gasteiger partial charge in [-0.1, -0.05) is 38.1 Å². The van der Waals surface area contributed by atoms with Crippen molar-refractivity contribution >= 4 is 0 Å². The zero-order valence-electron chi connectivity index (χ0n) is 11.7. The molecule has 0 bridgehead atoms. The fourth-order valence-corrected chi connectivity index (χ4v) is 1.99. The number of H-pyrrole nitrogens is 1. The van der Waals surface area contributed by atoms with Crippen LogP contribution in [0.3, 0.4) is 0 Å². The summed E-state index contributed by atoms with van der Waals surface area (Å²) in [6.45, 7) is 6.36. The molecule has 2 rings (SSSR count). The minimum absolute atomic E-state index is 0.601. The highest BCUT2D eigenvalue weighted by Crippen LogP contribution is 2.14. The fourth-order valence-electron chi connectivity index (χ4n) is 1.99. The summed E-state index contributed by atoms with van der Waals surface area (Å²) in [7, 11) is 0. The second-order valence-electron chi connectivity index (χ2n) is 5.11. The highest BCUT2D eigenvalue weighted by atomic mass is 15.2. The maximum Gasteiger partial charge on any atom is 0.137 e. The molecule has 1 heterocycles. The molecule has 0 aliphatic heterocycles. The predicted molar refractivity (Wildman–Crippen MR) is 76.9 cm³/mol. The molecule has 0 spiro atoms. The molecule has 0 fully saturated rings. The second kappa shape index (κ2) is 7.04. The van der Waals surface area contributed by atoms with Crippen LogP contribution in [0.25, 0.3) is 0 Å². The fraction of sp³-hybridized carbons (Fsp3) is 0.467. The SMILES string of the molecule is CC(C)c1ccc(CNCCCc2ncn[nH]2)cc1. The van der Waals surface area contributed by atoms with E-state index in [1.807, 2.05) is 0 Å². The van der Waals surface area contributed by atoms with E-state index in [0.717, 1.165) is 31.8 Å². The summed E-state index contributed by atoms with van der Waals surface area (Å²) in [5.74, 6) is 1.56. The van der Waals surface area contributed by atoms with Gasteiger partial charge in [0.05, 0.1) is 0 Å². The van der Waals surface area contributed by atoms with Gasteiger partial charge in [-0.15, -0.1) is 0 Å². The molecule has 0 unspecified atom stereocenters. The first-order valence-corrected chi connectivity index (χ1v) is 6.89. The number of nitrogens with one attached hydrogen (secondary N) is 2. The zero-order chi connectivity index (χ0) is 13.5. The van der Waals surface area contributed by atoms with Crippen LogP contribution in [0.1, 0.15) is 43.1 Å². The number of aryl methyl sites for hydroxylation is 1. The van der Waals surface area contributed by atoms with E-state index in [2.05, 4.69) is 58.6 Å². The Morgan fingerprint density at radius 3 is 2.63 bits per heavy atom. The molecular weight excluding hydrogens is 236 g/mol. The number of aromatic amines is 1. The lowest BCUT2D eigenvalue weighted by Crippen LogP contribution is -2.15. The minimum Gasteiger partial charge on any atom is -0.313 e. The van der Waals surface area contributed by atoms with Crippen molar-refractivity contribution < 1.29 is 0 Å². The monoisotopic (exact) mass is 258 g/mol. The van der Waals surface area contributed by atoms with Gasteiger partial charge in [0.1, 0.15) is 12.2 Å². The van der Waals surface area contributed by atoms with Gasteiger partial charge in [-0.05, 0) is 30.0 Å². The zero-order valence-corrected chi connectivity index (χ0v) is 11.7. The van der Waals surface area contributed by atoms with Crippen molar-refractivity contribution in [1.29, 1.82) is 0 Å². The summed E-state index contributed by atoms with van der Waals surface area (Å²) in [4.78, 5) is 4.10. The van der Waals surface area contributed by atoms with Crippen LogP contribution in [0.4, 0.5) is 0 Å². The Kier molecular flexibility index (Phi) is 5.10. The molecule has 4 heteroatoms. The average molecular weight is 258 g/mol. The lowest BCUT2D eigenvalue weighted by atomic mass is 10.0. The first-order valence-electron chi connectivity index (χ1n) is 6.89. The van der Waals surface area contributed by atoms with Crippen molar-refractivity contribution in [1.82, 2.24) is 20.5 Å². The molecule has 0 aliphatic rings. The molecule has 0 saturated heterocycles. The van der Waals surface area contributed by atoms with Crippen LogP contribution in [-0.4, -0.2) is 21.7 Å². The molecule has 2 N–H and O–H groups in total. The quantitative estimate of drug-likeness (QED) is 0.751. The number of hydrogen-bond acceptors (Lipinski definition) is 3. The van der Waals surface area contributed by atoms with E-state index in [4.69, 9.17) is 0 Å². The standard InChI is InChI=1S/C15H22N4/c1-12(2)14-7-5-13(6-8-14)10-16-9-3-4-15-17-11-18-19-15/h5-8,11-12,16H,3-4,9-10H2,1-2H3,(H,17,18,19). The summed E-state index contributed by atoms with van der Waals surface area (Å²) in [5.41, 5.74) is 2.73. The Bertz CT molecular complexity index is 459. The molecule has 19 heavy (non-hydrogen) atoms. The molecular formula is C15H22N4. The van der Waals surface area contributed by atoms with E-state index in [1.54, 1.807) is 6.33 Å². The molecule has 1 aromatic heterocycles. The number of benzene rings is 1. The van der Waals surface area contributed by atoms with E-state index >= 15 is 0 Å². The van der Waals surface area contributed by atoms with Gasteiger partial charge < -0.3 is 5.32 Å². The number of aromatic nitrogens is 3. The maximum atomic E-state index is 4.10. The van der Waals surface area contributed by atoms with Crippen LogP contribution >= 0.6 is 0 Å². The third kappa shape index (κ3) is 4.48. The lowest BCUT2D eigenvalue weighted by molar-refractivity contribution is 0.639. The summed E-state index contributed by atoms with van der Waals surface area (Å²) < 4.78 is 0. The molecule has 0 atom stereocenters. The van der Waals surface area contributed by atoms with Crippen LogP contribution in [-0.2, 0) is 13.0 Å². The van der Waals surface area contributed by atoms with Crippen LogP contribution in [0.5, 0.6) is 0 Å². The van der Waals surface area contributed by atoms with Crippen molar-refractivity contribution in [2.45, 2.75) is 39.2 Å². The Morgan fingerprint density at radius 1 is 1.21 bits per heavy atom. The Hall–Kier alpha value is -1.68. The van der Waals surface area contributed by atoms with Crippen molar-refractivity contribution in [2.24, 2.45) is 0 Å². The van der Waals surface area contributed by atoms with Crippen LogP contribution < -0.4 is 5.32 Å². The molecule has 0 radical (unpaired) electrons. The number of rotatable bonds is 7. The summed E-state index contributed by atoms with van der Waals surface area (Å²) in [6.07, 6.45) is 3.57. The van der Waals surface area contributed by atoms with Gasteiger partial charge in [0.2, 0.25) is 0 Å². The third-order valence-electron chi connectivity index (χ3n) is 3.21. The topological polar surface area (TPSA) is 53.6 Å². The van der Waals surface area contributed by atoms with Crippen molar-refractivity contribution in [3.05, 3.63) is 47.5 Å². The maximum absolute atomic E-state index is 4.10. The first-order chi connectivity index (χ1) is 9.25. The van der Waals surface area contributed by atoms with Crippen LogP contribution in [0.2, 0.25) is 0 Å². The first kappa shape index (κ1) is 13.7. The highest BCUT2D eigenvalue weighted by molar-refractivity contribution is 5.24. The smallest absolute Gasteiger partial charge is 0.137 e. The van der Waals surface area contributed by atoms with E-state index in [1.165, 1.54) is 11.1 Å². The number of hydrogen-bond donors (Lipinski definition) is 2. The number of nitrogens with zero attached hydrogens (tertiary/aromatic N) is 2. The molecule has 4 nitrogen and oxygen atoms in total. The van der Waals surface area contributed by atoms with Gasteiger partial charge in [-0.25, -0.2) is 4.98 Å². The van der Waals surface area contributed by atoms with Crippen LogP contribution in [0.15, 0.2) is 30.6 Å². The predicted octanol–water partition coefficient (Wildman–Crippen LogP) is 2.65. The third-order valence-corrected chi connectivity index (χ3v) is 3.21. The Morgan fingerprint density at radius 2 is 2.00 bits per heavy atom. The summed E-state index contributed by atoms with van der Waals surface area (Å²) in [5, 5.41) is 10.2. The van der Waals surface area contributed by atoms with Gasteiger partial charge in [0, 0.05) is 13.0 Å². The Labute approximate surface area is 114 Å². The van der Waals surface area contributed by atoms with E-state index in [-0.39, 0.29) is 0 Å². The molecule has 0 aliphatic carbocycles. The molecule has 1 aromatic carbocycles. The molecule has 2 aromatic rings. The lowest BCUT2D eigenvalue weighted by Gasteiger charge is -2.08. The summed E-state index contributed by atoms with van der Waals surface area (Å²) >= 11 is 0. The van der Waals surface area contributed by atoms with Gasteiger partial charge >= 0.3 is 0 Å². The van der Waals surface area contributed by atoms with Crippen LogP contribution in [0, 0.1) is 0 Å². The average Bonchev–Trinajstić information content (AvgIpc) is 2.92. The van der Waals surface area contributed by atoms with Gasteiger partial charge in [-0.2, -0.15) is 5.10 Å². The van der Waals surface area contributed by atoms with Crippen molar-refractivity contribution in [3.8, 4) is 0 Å². The van der Waals surface area contributed by atoms with Gasteiger partial charge in [-0.3, -0.25) is 5.10 Å².